The lowest BCUT2D eigenvalue weighted by Crippen LogP contribution is -2.56. The van der Waals surface area contributed by atoms with Gasteiger partial charge in [0, 0.05) is 12.0 Å². The molecule has 0 unspecified atom stereocenters. The van der Waals surface area contributed by atoms with E-state index in [1.54, 1.807) is 0 Å². The highest BCUT2D eigenvalue weighted by molar-refractivity contribution is 5.31. The van der Waals surface area contributed by atoms with Crippen molar-refractivity contribution in [2.24, 2.45) is 0 Å². The molecule has 2 fully saturated rings. The topological polar surface area (TPSA) is 51.4 Å². The molecule has 5 nitrogen and oxygen atoms in total. The van der Waals surface area contributed by atoms with Gasteiger partial charge < -0.3 is 14.2 Å². The van der Waals surface area contributed by atoms with E-state index in [9.17, 15) is 0 Å². The van der Waals surface area contributed by atoms with E-state index in [4.69, 9.17) is 9.26 Å². The molecule has 3 rings (SSSR count). The normalized spacial score (nSPS) is 23.2. The number of hydrogen-bond donors (Lipinski definition) is 0. The van der Waals surface area contributed by atoms with Gasteiger partial charge in [0.15, 0.2) is 0 Å². The highest BCUT2D eigenvalue weighted by atomic mass is 16.5. The second-order valence-electron chi connectivity index (χ2n) is 6.46. The van der Waals surface area contributed by atoms with Crippen LogP contribution in [0.15, 0.2) is 4.52 Å². The van der Waals surface area contributed by atoms with Crippen LogP contribution in [0.1, 0.15) is 45.9 Å². The van der Waals surface area contributed by atoms with Crippen molar-refractivity contribution in [3.8, 4) is 0 Å². The molecule has 100 valence electrons. The first kappa shape index (κ1) is 12.0. The van der Waals surface area contributed by atoms with Crippen LogP contribution in [0.2, 0.25) is 0 Å². The summed E-state index contributed by atoms with van der Waals surface area (Å²) in [6.45, 7) is 8.76. The summed E-state index contributed by atoms with van der Waals surface area (Å²) in [6, 6.07) is 0. The van der Waals surface area contributed by atoms with Crippen LogP contribution < -0.4 is 4.90 Å². The molecule has 1 aliphatic carbocycles. The Labute approximate surface area is 107 Å². The van der Waals surface area contributed by atoms with E-state index in [0.29, 0.717) is 5.89 Å². The van der Waals surface area contributed by atoms with Crippen molar-refractivity contribution in [1.29, 1.82) is 0 Å². The van der Waals surface area contributed by atoms with Gasteiger partial charge in [0.05, 0.1) is 18.8 Å². The van der Waals surface area contributed by atoms with Crippen LogP contribution >= 0.6 is 0 Å². The zero-order valence-corrected chi connectivity index (χ0v) is 11.4. The third-order valence-corrected chi connectivity index (χ3v) is 3.85. The number of hydrogen-bond acceptors (Lipinski definition) is 5. The van der Waals surface area contributed by atoms with Crippen LogP contribution in [-0.2, 0) is 10.2 Å². The van der Waals surface area contributed by atoms with Gasteiger partial charge in [-0.3, -0.25) is 0 Å². The molecular formula is C13H21N3O2. The average molecular weight is 251 g/mol. The second kappa shape index (κ2) is 3.95. The van der Waals surface area contributed by atoms with Crippen LogP contribution in [0.5, 0.6) is 0 Å². The zero-order chi connectivity index (χ0) is 12.8. The standard InChI is InChI=1S/C13H21N3O2/c1-12(2,3)10-14-11(15-18-10)16-7-8-17-13(9-16)5-4-6-13/h4-9H2,1-3H3. The number of ether oxygens (including phenoxy) is 1. The SMILES string of the molecule is CC(C)(C)c1nc(N2CCOC3(CCC3)C2)no1. The first-order chi connectivity index (χ1) is 8.49. The van der Waals surface area contributed by atoms with Gasteiger partial charge in [-0.15, -0.1) is 0 Å². The van der Waals surface area contributed by atoms with Crippen molar-refractivity contribution in [3.05, 3.63) is 5.89 Å². The molecule has 1 saturated carbocycles. The molecule has 0 N–H and O–H groups in total. The van der Waals surface area contributed by atoms with E-state index >= 15 is 0 Å². The molecule has 1 spiro atoms. The lowest BCUT2D eigenvalue weighted by atomic mass is 9.79. The first-order valence-electron chi connectivity index (χ1n) is 6.72. The molecule has 0 amide bonds. The molecule has 2 aliphatic rings. The first-order valence-corrected chi connectivity index (χ1v) is 6.72. The Morgan fingerprint density at radius 2 is 2.06 bits per heavy atom. The van der Waals surface area contributed by atoms with E-state index in [1.807, 2.05) is 0 Å². The lowest BCUT2D eigenvalue weighted by molar-refractivity contribution is -0.107. The molecule has 5 heteroatoms. The number of aromatic nitrogens is 2. The van der Waals surface area contributed by atoms with E-state index in [-0.39, 0.29) is 11.0 Å². The van der Waals surface area contributed by atoms with Crippen molar-refractivity contribution < 1.29 is 9.26 Å². The van der Waals surface area contributed by atoms with E-state index in [2.05, 4.69) is 35.8 Å². The molecule has 0 bridgehead atoms. The predicted molar refractivity (Wildman–Crippen MR) is 67.7 cm³/mol. The number of anilines is 1. The summed E-state index contributed by atoms with van der Waals surface area (Å²) in [4.78, 5) is 6.72. The van der Waals surface area contributed by atoms with Gasteiger partial charge in [0.2, 0.25) is 5.89 Å². The second-order valence-corrected chi connectivity index (χ2v) is 6.46. The maximum atomic E-state index is 5.90. The van der Waals surface area contributed by atoms with Gasteiger partial charge in [0.1, 0.15) is 0 Å². The van der Waals surface area contributed by atoms with Gasteiger partial charge >= 0.3 is 0 Å². The van der Waals surface area contributed by atoms with Crippen LogP contribution in [0.25, 0.3) is 0 Å². The van der Waals surface area contributed by atoms with E-state index < -0.39 is 0 Å². The highest BCUT2D eigenvalue weighted by Gasteiger charge is 2.43. The quantitative estimate of drug-likeness (QED) is 0.765. The fraction of sp³-hybridized carbons (Fsp3) is 0.846. The Morgan fingerprint density at radius 1 is 1.28 bits per heavy atom. The molecule has 18 heavy (non-hydrogen) atoms. The Balaban J connectivity index is 1.76. The van der Waals surface area contributed by atoms with Crippen molar-refractivity contribution in [1.82, 2.24) is 10.1 Å². The Morgan fingerprint density at radius 3 is 2.61 bits per heavy atom. The fourth-order valence-corrected chi connectivity index (χ4v) is 2.54. The smallest absolute Gasteiger partial charge is 0.266 e. The Hall–Kier alpha value is -1.10. The highest BCUT2D eigenvalue weighted by Crippen LogP contribution is 2.39. The minimum absolute atomic E-state index is 0.0702. The molecular weight excluding hydrogens is 230 g/mol. The van der Waals surface area contributed by atoms with Crippen molar-refractivity contribution in [2.75, 3.05) is 24.6 Å². The third kappa shape index (κ3) is 2.00. The summed E-state index contributed by atoms with van der Waals surface area (Å²) in [6.07, 6.45) is 3.59. The summed E-state index contributed by atoms with van der Waals surface area (Å²) >= 11 is 0. The summed E-state index contributed by atoms with van der Waals surface area (Å²) in [5.74, 6) is 1.42. The van der Waals surface area contributed by atoms with Crippen molar-refractivity contribution in [2.45, 2.75) is 51.0 Å². The van der Waals surface area contributed by atoms with Gasteiger partial charge in [-0.25, -0.2) is 0 Å². The maximum Gasteiger partial charge on any atom is 0.266 e. The molecule has 1 aromatic rings. The zero-order valence-electron chi connectivity index (χ0n) is 11.4. The Bertz CT molecular complexity index is 432. The molecule has 1 aromatic heterocycles. The largest absolute Gasteiger partial charge is 0.371 e. The van der Waals surface area contributed by atoms with Crippen LogP contribution in [0.4, 0.5) is 5.95 Å². The van der Waals surface area contributed by atoms with Gasteiger partial charge in [-0.05, 0) is 24.4 Å². The van der Waals surface area contributed by atoms with Crippen LogP contribution in [0, 0.1) is 0 Å². The fourth-order valence-electron chi connectivity index (χ4n) is 2.54. The average Bonchev–Trinajstić information content (AvgIpc) is 2.76. The van der Waals surface area contributed by atoms with Crippen LogP contribution in [0.3, 0.4) is 0 Å². The van der Waals surface area contributed by atoms with Gasteiger partial charge in [-0.2, -0.15) is 4.98 Å². The molecule has 1 aliphatic heterocycles. The van der Waals surface area contributed by atoms with Gasteiger partial charge in [0.25, 0.3) is 5.95 Å². The summed E-state index contributed by atoms with van der Waals surface area (Å²) in [7, 11) is 0. The maximum absolute atomic E-state index is 5.90. The lowest BCUT2D eigenvalue weighted by Gasteiger charge is -2.47. The number of morpholine rings is 1. The minimum atomic E-state index is -0.0916. The predicted octanol–water partition coefficient (Wildman–Crippen LogP) is 2.13. The van der Waals surface area contributed by atoms with E-state index in [0.717, 1.165) is 38.5 Å². The van der Waals surface area contributed by atoms with Gasteiger partial charge in [-0.1, -0.05) is 20.8 Å². The molecule has 2 heterocycles. The summed E-state index contributed by atoms with van der Waals surface area (Å²) in [5.41, 5.74) is -0.0214. The minimum Gasteiger partial charge on any atom is -0.371 e. The molecule has 1 saturated heterocycles. The number of nitrogens with zero attached hydrogens (tertiary/aromatic N) is 3. The Kier molecular flexibility index (Phi) is 2.62. The number of rotatable bonds is 1. The van der Waals surface area contributed by atoms with E-state index in [1.165, 1.54) is 6.42 Å². The summed E-state index contributed by atoms with van der Waals surface area (Å²) < 4.78 is 11.3. The molecule has 0 aromatic carbocycles. The van der Waals surface area contributed by atoms with Crippen molar-refractivity contribution >= 4 is 5.95 Å². The molecule has 0 atom stereocenters. The van der Waals surface area contributed by atoms with Crippen molar-refractivity contribution in [3.63, 3.8) is 0 Å². The summed E-state index contributed by atoms with van der Waals surface area (Å²) in [5, 5.41) is 4.11. The third-order valence-electron chi connectivity index (χ3n) is 3.85. The monoisotopic (exact) mass is 251 g/mol. The van der Waals surface area contributed by atoms with Crippen LogP contribution in [-0.4, -0.2) is 35.4 Å². The molecule has 0 radical (unpaired) electrons.